The number of hydrogen-bond donors (Lipinski definition) is 1. The lowest BCUT2D eigenvalue weighted by Gasteiger charge is -2.14. The number of benzene rings is 1. The van der Waals surface area contributed by atoms with Crippen molar-refractivity contribution in [2.45, 2.75) is 33.2 Å². The first kappa shape index (κ1) is 16.3. The SMILES string of the molecule is COc1ccc(OCCCC#N)c(CNCC(C)C)c1. The molecule has 0 aromatic heterocycles. The average molecular weight is 276 g/mol. The lowest BCUT2D eigenvalue weighted by Crippen LogP contribution is -2.19. The van der Waals surface area contributed by atoms with E-state index in [0.29, 0.717) is 18.9 Å². The van der Waals surface area contributed by atoms with E-state index in [0.717, 1.165) is 36.6 Å². The van der Waals surface area contributed by atoms with Gasteiger partial charge in [0, 0.05) is 18.5 Å². The van der Waals surface area contributed by atoms with Crippen LogP contribution in [0.1, 0.15) is 32.3 Å². The minimum Gasteiger partial charge on any atom is -0.497 e. The van der Waals surface area contributed by atoms with Gasteiger partial charge in [-0.1, -0.05) is 13.8 Å². The van der Waals surface area contributed by atoms with E-state index in [9.17, 15) is 0 Å². The molecule has 0 amide bonds. The van der Waals surface area contributed by atoms with Crippen LogP contribution in [0.5, 0.6) is 11.5 Å². The summed E-state index contributed by atoms with van der Waals surface area (Å²) >= 11 is 0. The fraction of sp³-hybridized carbons (Fsp3) is 0.562. The molecule has 110 valence electrons. The van der Waals surface area contributed by atoms with Gasteiger partial charge in [-0.2, -0.15) is 5.26 Å². The maximum atomic E-state index is 8.52. The van der Waals surface area contributed by atoms with Gasteiger partial charge in [-0.15, -0.1) is 0 Å². The largest absolute Gasteiger partial charge is 0.497 e. The van der Waals surface area contributed by atoms with Gasteiger partial charge in [0.1, 0.15) is 11.5 Å². The highest BCUT2D eigenvalue weighted by Crippen LogP contribution is 2.24. The van der Waals surface area contributed by atoms with Crippen LogP contribution in [0.2, 0.25) is 0 Å². The van der Waals surface area contributed by atoms with E-state index in [2.05, 4.69) is 25.2 Å². The Morgan fingerprint density at radius 1 is 1.35 bits per heavy atom. The fourth-order valence-electron chi connectivity index (χ4n) is 1.79. The number of nitriles is 1. The Bertz CT molecular complexity index is 439. The third-order valence-electron chi connectivity index (χ3n) is 2.83. The fourth-order valence-corrected chi connectivity index (χ4v) is 1.79. The van der Waals surface area contributed by atoms with Crippen molar-refractivity contribution in [3.63, 3.8) is 0 Å². The molecule has 0 saturated heterocycles. The molecule has 4 heteroatoms. The van der Waals surface area contributed by atoms with E-state index in [4.69, 9.17) is 14.7 Å². The Morgan fingerprint density at radius 3 is 2.80 bits per heavy atom. The zero-order valence-electron chi connectivity index (χ0n) is 12.6. The summed E-state index contributed by atoms with van der Waals surface area (Å²) < 4.78 is 11.0. The summed E-state index contributed by atoms with van der Waals surface area (Å²) in [5.74, 6) is 2.30. The summed E-state index contributed by atoms with van der Waals surface area (Å²) in [4.78, 5) is 0. The van der Waals surface area contributed by atoms with E-state index in [1.165, 1.54) is 0 Å². The molecule has 0 atom stereocenters. The van der Waals surface area contributed by atoms with Gasteiger partial charge >= 0.3 is 0 Å². The number of hydrogen-bond acceptors (Lipinski definition) is 4. The number of rotatable bonds is 9. The molecule has 0 spiro atoms. The lowest BCUT2D eigenvalue weighted by atomic mass is 10.1. The zero-order valence-corrected chi connectivity index (χ0v) is 12.6. The summed E-state index contributed by atoms with van der Waals surface area (Å²) in [5.41, 5.74) is 1.09. The first-order valence-electron chi connectivity index (χ1n) is 7.04. The molecule has 0 aliphatic carbocycles. The van der Waals surface area contributed by atoms with Gasteiger partial charge in [-0.3, -0.25) is 0 Å². The average Bonchev–Trinajstić information content (AvgIpc) is 2.44. The topological polar surface area (TPSA) is 54.3 Å². The second kappa shape index (κ2) is 9.22. The molecule has 0 fully saturated rings. The second-order valence-corrected chi connectivity index (χ2v) is 5.11. The second-order valence-electron chi connectivity index (χ2n) is 5.11. The molecule has 20 heavy (non-hydrogen) atoms. The first-order valence-corrected chi connectivity index (χ1v) is 7.04. The molecule has 0 bridgehead atoms. The van der Waals surface area contributed by atoms with Crippen molar-refractivity contribution in [3.8, 4) is 17.6 Å². The standard InChI is InChI=1S/C16H24N2O2/c1-13(2)11-18-12-14-10-15(19-3)6-7-16(14)20-9-5-4-8-17/h6-7,10,13,18H,4-5,9,11-12H2,1-3H3. The van der Waals surface area contributed by atoms with Crippen molar-refractivity contribution in [1.29, 1.82) is 5.26 Å². The quantitative estimate of drug-likeness (QED) is 0.704. The molecule has 1 aromatic rings. The third-order valence-corrected chi connectivity index (χ3v) is 2.83. The normalized spacial score (nSPS) is 10.3. The summed E-state index contributed by atoms with van der Waals surface area (Å²) in [7, 11) is 1.66. The maximum absolute atomic E-state index is 8.52. The van der Waals surface area contributed by atoms with Crippen molar-refractivity contribution in [1.82, 2.24) is 5.32 Å². The third kappa shape index (κ3) is 5.94. The maximum Gasteiger partial charge on any atom is 0.124 e. The van der Waals surface area contributed by atoms with Crippen LogP contribution in [0.15, 0.2) is 18.2 Å². The summed E-state index contributed by atoms with van der Waals surface area (Å²) in [5, 5.41) is 11.9. The van der Waals surface area contributed by atoms with Crippen LogP contribution in [0, 0.1) is 17.2 Å². The van der Waals surface area contributed by atoms with Gasteiger partial charge < -0.3 is 14.8 Å². The number of ether oxygens (including phenoxy) is 2. The van der Waals surface area contributed by atoms with E-state index >= 15 is 0 Å². The van der Waals surface area contributed by atoms with Crippen LogP contribution in [0.4, 0.5) is 0 Å². The summed E-state index contributed by atoms with van der Waals surface area (Å²) in [6.45, 7) is 6.64. The highest BCUT2D eigenvalue weighted by Gasteiger charge is 2.06. The molecule has 0 radical (unpaired) electrons. The van der Waals surface area contributed by atoms with Crippen LogP contribution in [0.3, 0.4) is 0 Å². The van der Waals surface area contributed by atoms with Crippen LogP contribution in [-0.2, 0) is 6.54 Å². The molecular weight excluding hydrogens is 252 g/mol. The van der Waals surface area contributed by atoms with Crippen molar-refractivity contribution in [2.24, 2.45) is 5.92 Å². The van der Waals surface area contributed by atoms with Gasteiger partial charge in [0.2, 0.25) is 0 Å². The number of nitrogens with one attached hydrogen (secondary N) is 1. The summed E-state index contributed by atoms with van der Waals surface area (Å²) in [6, 6.07) is 7.94. The minimum absolute atomic E-state index is 0.525. The van der Waals surface area contributed by atoms with Crippen molar-refractivity contribution in [3.05, 3.63) is 23.8 Å². The van der Waals surface area contributed by atoms with Crippen molar-refractivity contribution in [2.75, 3.05) is 20.3 Å². The molecule has 0 heterocycles. The molecule has 1 aromatic carbocycles. The molecule has 1 N–H and O–H groups in total. The summed E-state index contributed by atoms with van der Waals surface area (Å²) in [6.07, 6.45) is 1.28. The van der Waals surface area contributed by atoms with E-state index in [1.807, 2.05) is 18.2 Å². The van der Waals surface area contributed by atoms with Crippen LogP contribution in [-0.4, -0.2) is 20.3 Å². The van der Waals surface area contributed by atoms with E-state index < -0.39 is 0 Å². The first-order chi connectivity index (χ1) is 9.67. The van der Waals surface area contributed by atoms with E-state index in [-0.39, 0.29) is 0 Å². The molecule has 0 saturated carbocycles. The molecule has 1 rings (SSSR count). The molecule has 4 nitrogen and oxygen atoms in total. The highest BCUT2D eigenvalue weighted by atomic mass is 16.5. The number of unbranched alkanes of at least 4 members (excludes halogenated alkanes) is 1. The van der Waals surface area contributed by atoms with Gasteiger partial charge in [0.25, 0.3) is 0 Å². The van der Waals surface area contributed by atoms with Gasteiger partial charge in [-0.05, 0) is 37.1 Å². The highest BCUT2D eigenvalue weighted by molar-refractivity contribution is 5.40. The Morgan fingerprint density at radius 2 is 2.15 bits per heavy atom. The van der Waals surface area contributed by atoms with E-state index in [1.54, 1.807) is 7.11 Å². The molecule has 0 unspecified atom stereocenters. The Labute approximate surface area is 121 Å². The Kier molecular flexibility index (Phi) is 7.52. The smallest absolute Gasteiger partial charge is 0.124 e. The van der Waals surface area contributed by atoms with Crippen LogP contribution < -0.4 is 14.8 Å². The number of methoxy groups -OCH3 is 1. The van der Waals surface area contributed by atoms with Crippen molar-refractivity contribution < 1.29 is 9.47 Å². The van der Waals surface area contributed by atoms with Gasteiger partial charge in [-0.25, -0.2) is 0 Å². The minimum atomic E-state index is 0.525. The predicted molar refractivity (Wildman–Crippen MR) is 79.9 cm³/mol. The molecular formula is C16H24N2O2. The number of nitrogens with zero attached hydrogens (tertiary/aromatic N) is 1. The predicted octanol–water partition coefficient (Wildman–Crippen LogP) is 3.12. The van der Waals surface area contributed by atoms with Gasteiger partial charge in [0.05, 0.1) is 19.8 Å². The Hall–Kier alpha value is -1.73. The molecule has 0 aliphatic heterocycles. The zero-order chi connectivity index (χ0) is 14.8. The van der Waals surface area contributed by atoms with Crippen LogP contribution in [0.25, 0.3) is 0 Å². The molecule has 0 aliphatic rings. The monoisotopic (exact) mass is 276 g/mol. The lowest BCUT2D eigenvalue weighted by molar-refractivity contribution is 0.307. The Balaban J connectivity index is 2.63. The van der Waals surface area contributed by atoms with Gasteiger partial charge in [0.15, 0.2) is 0 Å². The van der Waals surface area contributed by atoms with Crippen molar-refractivity contribution >= 4 is 0 Å². The van der Waals surface area contributed by atoms with Crippen LogP contribution >= 0.6 is 0 Å².